The molecule has 7 aromatic carbocycles. The Morgan fingerprint density at radius 1 is 0.444 bits per heavy atom. The lowest BCUT2D eigenvalue weighted by Crippen LogP contribution is -2.10. The standard InChI is InChI=1S/C41H26N2O2/c1-3-11-27(12-4-1)31-17-9-18-32(23-31)43(33-22-21-28-13-7-8-16-30(28)24-33)36-19-10-20-37-40(36)34-25-35-39(26-38(34)44-37)45-41(42-35)29-14-5-2-6-15-29/h1-26H. The lowest BCUT2D eigenvalue weighted by atomic mass is 10.0. The van der Waals surface area contributed by atoms with Crippen molar-refractivity contribution < 1.29 is 8.83 Å². The van der Waals surface area contributed by atoms with Crippen LogP contribution in [0.1, 0.15) is 0 Å². The molecule has 0 bridgehead atoms. The molecule has 0 unspecified atom stereocenters. The molecule has 45 heavy (non-hydrogen) atoms. The molecular formula is C41H26N2O2. The van der Waals surface area contributed by atoms with Gasteiger partial charge in [0.15, 0.2) is 5.58 Å². The van der Waals surface area contributed by atoms with Gasteiger partial charge < -0.3 is 13.7 Å². The lowest BCUT2D eigenvalue weighted by Gasteiger charge is -2.27. The quantitative estimate of drug-likeness (QED) is 0.204. The molecule has 9 aromatic rings. The Labute approximate surface area is 259 Å². The minimum atomic E-state index is 0.596. The van der Waals surface area contributed by atoms with Crippen molar-refractivity contribution in [2.24, 2.45) is 0 Å². The van der Waals surface area contributed by atoms with E-state index in [1.165, 1.54) is 16.3 Å². The van der Waals surface area contributed by atoms with E-state index >= 15 is 0 Å². The number of benzene rings is 7. The summed E-state index contributed by atoms with van der Waals surface area (Å²) < 4.78 is 12.7. The molecule has 0 spiro atoms. The van der Waals surface area contributed by atoms with Gasteiger partial charge in [-0.25, -0.2) is 4.98 Å². The summed E-state index contributed by atoms with van der Waals surface area (Å²) in [5, 5.41) is 4.40. The highest BCUT2D eigenvalue weighted by molar-refractivity contribution is 6.16. The van der Waals surface area contributed by atoms with Crippen LogP contribution < -0.4 is 4.90 Å². The van der Waals surface area contributed by atoms with Gasteiger partial charge in [0, 0.05) is 28.4 Å². The van der Waals surface area contributed by atoms with Crippen LogP contribution in [0, 0.1) is 0 Å². The zero-order valence-electron chi connectivity index (χ0n) is 24.2. The van der Waals surface area contributed by atoms with Crippen molar-refractivity contribution in [2.45, 2.75) is 0 Å². The van der Waals surface area contributed by atoms with Gasteiger partial charge in [-0.2, -0.15) is 0 Å². The number of hydrogen-bond donors (Lipinski definition) is 0. The molecule has 0 N–H and O–H groups in total. The molecule has 0 radical (unpaired) electrons. The van der Waals surface area contributed by atoms with Gasteiger partial charge in [-0.1, -0.05) is 97.1 Å². The van der Waals surface area contributed by atoms with E-state index in [4.69, 9.17) is 13.8 Å². The number of furan rings is 1. The van der Waals surface area contributed by atoms with Crippen molar-refractivity contribution in [3.8, 4) is 22.6 Å². The van der Waals surface area contributed by atoms with E-state index in [0.29, 0.717) is 11.5 Å². The van der Waals surface area contributed by atoms with Gasteiger partial charge in [0.1, 0.15) is 16.7 Å². The Bertz CT molecular complexity index is 2490. The Kier molecular flexibility index (Phi) is 5.78. The minimum absolute atomic E-state index is 0.596. The molecule has 212 valence electrons. The fourth-order valence-electron chi connectivity index (χ4n) is 6.32. The Balaban J connectivity index is 1.29. The Morgan fingerprint density at radius 3 is 2.00 bits per heavy atom. The Hall–Kier alpha value is -6.13. The molecular weight excluding hydrogens is 552 g/mol. The molecule has 2 aromatic heterocycles. The van der Waals surface area contributed by atoms with Crippen molar-refractivity contribution in [3.05, 3.63) is 158 Å². The van der Waals surface area contributed by atoms with E-state index in [9.17, 15) is 0 Å². The van der Waals surface area contributed by atoms with Gasteiger partial charge in [0.25, 0.3) is 0 Å². The fourth-order valence-corrected chi connectivity index (χ4v) is 6.32. The second-order valence-corrected chi connectivity index (χ2v) is 11.2. The number of rotatable bonds is 5. The summed E-state index contributed by atoms with van der Waals surface area (Å²) in [7, 11) is 0. The third kappa shape index (κ3) is 4.35. The van der Waals surface area contributed by atoms with E-state index in [-0.39, 0.29) is 0 Å². The number of aromatic nitrogens is 1. The lowest BCUT2D eigenvalue weighted by molar-refractivity contribution is 0.617. The molecule has 0 saturated carbocycles. The molecule has 0 fully saturated rings. The highest BCUT2D eigenvalue weighted by Crippen LogP contribution is 2.45. The maximum absolute atomic E-state index is 6.49. The van der Waals surface area contributed by atoms with Gasteiger partial charge in [-0.15, -0.1) is 0 Å². The molecule has 9 rings (SSSR count). The van der Waals surface area contributed by atoms with Crippen LogP contribution in [0.5, 0.6) is 0 Å². The summed E-state index contributed by atoms with van der Waals surface area (Å²) >= 11 is 0. The van der Waals surface area contributed by atoms with Crippen LogP contribution in [-0.2, 0) is 0 Å². The predicted molar refractivity (Wildman–Crippen MR) is 184 cm³/mol. The zero-order chi connectivity index (χ0) is 29.7. The van der Waals surface area contributed by atoms with Gasteiger partial charge in [0.2, 0.25) is 5.89 Å². The van der Waals surface area contributed by atoms with Crippen molar-refractivity contribution in [3.63, 3.8) is 0 Å². The summed E-state index contributed by atoms with van der Waals surface area (Å²) in [5.74, 6) is 0.596. The first-order valence-electron chi connectivity index (χ1n) is 15.0. The summed E-state index contributed by atoms with van der Waals surface area (Å²) in [6, 6.07) is 54.6. The van der Waals surface area contributed by atoms with Crippen LogP contribution in [0.4, 0.5) is 17.1 Å². The summed E-state index contributed by atoms with van der Waals surface area (Å²) in [4.78, 5) is 7.20. The normalized spacial score (nSPS) is 11.6. The van der Waals surface area contributed by atoms with E-state index in [1.807, 2.05) is 48.5 Å². The van der Waals surface area contributed by atoms with E-state index in [0.717, 1.165) is 55.6 Å². The highest BCUT2D eigenvalue weighted by Gasteiger charge is 2.21. The monoisotopic (exact) mass is 578 g/mol. The first kappa shape index (κ1) is 25.4. The summed E-state index contributed by atoms with van der Waals surface area (Å²) in [6.45, 7) is 0. The third-order valence-corrected chi connectivity index (χ3v) is 8.45. The molecule has 4 heteroatoms. The fraction of sp³-hybridized carbons (Fsp3) is 0. The molecule has 0 saturated heterocycles. The minimum Gasteiger partial charge on any atom is -0.456 e. The highest BCUT2D eigenvalue weighted by atomic mass is 16.4. The van der Waals surface area contributed by atoms with Crippen LogP contribution in [0.3, 0.4) is 0 Å². The largest absolute Gasteiger partial charge is 0.456 e. The molecule has 0 aliphatic rings. The van der Waals surface area contributed by atoms with Crippen molar-refractivity contribution in [2.75, 3.05) is 4.90 Å². The molecule has 0 amide bonds. The molecule has 0 aliphatic carbocycles. The predicted octanol–water partition coefficient (Wildman–Crippen LogP) is 11.7. The molecule has 0 aliphatic heterocycles. The van der Waals surface area contributed by atoms with Gasteiger partial charge >= 0.3 is 0 Å². The number of oxazole rings is 1. The van der Waals surface area contributed by atoms with E-state index < -0.39 is 0 Å². The average Bonchev–Trinajstić information content (AvgIpc) is 3.69. The van der Waals surface area contributed by atoms with Gasteiger partial charge in [-0.3, -0.25) is 0 Å². The van der Waals surface area contributed by atoms with Crippen molar-refractivity contribution in [1.82, 2.24) is 4.98 Å². The SMILES string of the molecule is c1ccc(-c2cccc(N(c3ccc4ccccc4c3)c3cccc4oc5cc6oc(-c7ccccc7)nc6cc5c34)c2)cc1. The van der Waals surface area contributed by atoms with Crippen LogP contribution >= 0.6 is 0 Å². The smallest absolute Gasteiger partial charge is 0.227 e. The van der Waals surface area contributed by atoms with E-state index in [1.54, 1.807) is 0 Å². The van der Waals surface area contributed by atoms with Crippen LogP contribution in [-0.4, -0.2) is 4.98 Å². The third-order valence-electron chi connectivity index (χ3n) is 8.45. The van der Waals surface area contributed by atoms with Crippen molar-refractivity contribution >= 4 is 60.9 Å². The topological polar surface area (TPSA) is 42.4 Å². The Morgan fingerprint density at radius 2 is 1.16 bits per heavy atom. The number of fused-ring (bicyclic) bond motifs is 5. The average molecular weight is 579 g/mol. The van der Waals surface area contributed by atoms with Gasteiger partial charge in [0.05, 0.1) is 11.1 Å². The first-order chi connectivity index (χ1) is 22.3. The van der Waals surface area contributed by atoms with Crippen LogP contribution in [0.25, 0.3) is 66.4 Å². The first-order valence-corrected chi connectivity index (χ1v) is 15.0. The second-order valence-electron chi connectivity index (χ2n) is 11.2. The number of nitrogens with zero attached hydrogens (tertiary/aromatic N) is 2. The maximum Gasteiger partial charge on any atom is 0.227 e. The molecule has 4 nitrogen and oxygen atoms in total. The molecule has 0 atom stereocenters. The van der Waals surface area contributed by atoms with Crippen molar-refractivity contribution in [1.29, 1.82) is 0 Å². The summed E-state index contributed by atoms with van der Waals surface area (Å²) in [5.41, 5.74) is 9.48. The number of anilines is 3. The maximum atomic E-state index is 6.49. The van der Waals surface area contributed by atoms with E-state index in [2.05, 4.69) is 114 Å². The molecule has 2 heterocycles. The van der Waals surface area contributed by atoms with Crippen LogP contribution in [0.15, 0.2) is 167 Å². The number of hydrogen-bond acceptors (Lipinski definition) is 4. The summed E-state index contributed by atoms with van der Waals surface area (Å²) in [6.07, 6.45) is 0. The van der Waals surface area contributed by atoms with Gasteiger partial charge in [-0.05, 0) is 76.5 Å². The zero-order valence-corrected chi connectivity index (χ0v) is 24.2. The second kappa shape index (κ2) is 10.2. The van der Waals surface area contributed by atoms with Crippen LogP contribution in [0.2, 0.25) is 0 Å².